The van der Waals surface area contributed by atoms with E-state index in [9.17, 15) is 0 Å². The van der Waals surface area contributed by atoms with Gasteiger partial charge in [0, 0.05) is 19.1 Å². The summed E-state index contributed by atoms with van der Waals surface area (Å²) in [5.41, 5.74) is 1.41. The van der Waals surface area contributed by atoms with Crippen molar-refractivity contribution in [3.8, 4) is 5.75 Å². The third kappa shape index (κ3) is 4.21. The van der Waals surface area contributed by atoms with Crippen LogP contribution in [0.2, 0.25) is 0 Å². The molecule has 1 aromatic carbocycles. The van der Waals surface area contributed by atoms with Gasteiger partial charge in [-0.15, -0.1) is 0 Å². The van der Waals surface area contributed by atoms with Crippen molar-refractivity contribution in [1.29, 1.82) is 0 Å². The lowest BCUT2D eigenvalue weighted by Crippen LogP contribution is -2.37. The number of likely N-dealkylation sites (tertiary alicyclic amines) is 1. The number of hydrogen-bond acceptors (Lipinski definition) is 3. The van der Waals surface area contributed by atoms with Gasteiger partial charge in [0.25, 0.3) is 0 Å². The topological polar surface area (TPSA) is 24.5 Å². The highest BCUT2D eigenvalue weighted by Gasteiger charge is 2.31. The highest BCUT2D eigenvalue weighted by atomic mass is 16.5. The Balaban J connectivity index is 1.51. The van der Waals surface area contributed by atoms with Crippen molar-refractivity contribution in [3.05, 3.63) is 29.8 Å². The number of ether oxygens (including phenoxy) is 1. The molecule has 1 saturated carbocycles. The molecule has 0 spiro atoms. The number of piperidine rings is 1. The van der Waals surface area contributed by atoms with E-state index in [-0.39, 0.29) is 0 Å². The second-order valence-electron chi connectivity index (χ2n) is 6.44. The zero-order chi connectivity index (χ0) is 14.5. The average Bonchev–Trinajstić information content (AvgIpc) is 3.38. The van der Waals surface area contributed by atoms with Crippen LogP contribution in [0.15, 0.2) is 24.3 Å². The maximum Gasteiger partial charge on any atom is 0.118 e. The van der Waals surface area contributed by atoms with E-state index >= 15 is 0 Å². The Labute approximate surface area is 128 Å². The Morgan fingerprint density at radius 3 is 2.48 bits per heavy atom. The minimum Gasteiger partial charge on any atom is -0.497 e. The molecule has 1 atom stereocenters. The molecule has 1 unspecified atom stereocenters. The molecule has 1 aliphatic heterocycles. The molecule has 0 aromatic heterocycles. The van der Waals surface area contributed by atoms with E-state index in [0.717, 1.165) is 18.2 Å². The van der Waals surface area contributed by atoms with E-state index in [1.807, 2.05) is 0 Å². The van der Waals surface area contributed by atoms with Crippen LogP contribution in [0.4, 0.5) is 0 Å². The van der Waals surface area contributed by atoms with Crippen molar-refractivity contribution in [2.75, 3.05) is 33.3 Å². The second kappa shape index (κ2) is 7.28. The van der Waals surface area contributed by atoms with Crippen molar-refractivity contribution in [2.24, 2.45) is 5.92 Å². The van der Waals surface area contributed by atoms with Crippen LogP contribution in [0.5, 0.6) is 5.75 Å². The van der Waals surface area contributed by atoms with Crippen molar-refractivity contribution in [3.63, 3.8) is 0 Å². The largest absolute Gasteiger partial charge is 0.497 e. The van der Waals surface area contributed by atoms with Gasteiger partial charge in [0.2, 0.25) is 0 Å². The normalized spacial score (nSPS) is 21.2. The Morgan fingerprint density at radius 2 is 1.86 bits per heavy atom. The van der Waals surface area contributed by atoms with E-state index in [1.54, 1.807) is 7.11 Å². The van der Waals surface area contributed by atoms with Gasteiger partial charge in [-0.25, -0.2) is 0 Å². The standard InChI is InChI=1S/C18H28N2O/c1-21-17-9-7-16(8-10-17)18(15-5-6-15)19-11-14-20-12-3-2-4-13-20/h7-10,15,18-19H,2-6,11-14H2,1H3. The summed E-state index contributed by atoms with van der Waals surface area (Å²) in [6, 6.07) is 9.13. The van der Waals surface area contributed by atoms with E-state index < -0.39 is 0 Å². The van der Waals surface area contributed by atoms with E-state index in [1.165, 1.54) is 57.3 Å². The molecule has 3 heteroatoms. The molecule has 116 valence electrons. The number of rotatable bonds is 7. The molecule has 1 saturated heterocycles. The summed E-state index contributed by atoms with van der Waals surface area (Å²) < 4.78 is 5.26. The average molecular weight is 288 g/mol. The molecular weight excluding hydrogens is 260 g/mol. The van der Waals surface area contributed by atoms with Crippen LogP contribution in [-0.4, -0.2) is 38.2 Å². The summed E-state index contributed by atoms with van der Waals surface area (Å²) in [5, 5.41) is 3.80. The summed E-state index contributed by atoms with van der Waals surface area (Å²) in [6.07, 6.45) is 6.91. The van der Waals surface area contributed by atoms with E-state index in [2.05, 4.69) is 34.5 Å². The fourth-order valence-electron chi connectivity index (χ4n) is 3.36. The molecule has 1 heterocycles. The molecule has 21 heavy (non-hydrogen) atoms. The number of benzene rings is 1. The highest BCUT2D eigenvalue weighted by Crippen LogP contribution is 2.41. The van der Waals surface area contributed by atoms with Gasteiger partial charge in [0.15, 0.2) is 0 Å². The van der Waals surface area contributed by atoms with Gasteiger partial charge in [-0.1, -0.05) is 18.6 Å². The molecule has 0 amide bonds. The van der Waals surface area contributed by atoms with Gasteiger partial charge in [0.1, 0.15) is 5.75 Å². The van der Waals surface area contributed by atoms with Crippen molar-refractivity contribution in [2.45, 2.75) is 38.1 Å². The molecule has 3 rings (SSSR count). The number of methoxy groups -OCH3 is 1. The SMILES string of the molecule is COc1ccc(C(NCCN2CCCCC2)C2CC2)cc1. The molecule has 2 fully saturated rings. The predicted octanol–water partition coefficient (Wildman–Crippen LogP) is 3.22. The maximum atomic E-state index is 5.26. The molecule has 1 aromatic rings. The van der Waals surface area contributed by atoms with Gasteiger partial charge in [-0.3, -0.25) is 0 Å². The van der Waals surface area contributed by atoms with Gasteiger partial charge < -0.3 is 15.0 Å². The summed E-state index contributed by atoms with van der Waals surface area (Å²) in [5.74, 6) is 1.78. The second-order valence-corrected chi connectivity index (χ2v) is 6.44. The fraction of sp³-hybridized carbons (Fsp3) is 0.667. The van der Waals surface area contributed by atoms with Crippen LogP contribution in [-0.2, 0) is 0 Å². The first-order chi connectivity index (χ1) is 10.4. The summed E-state index contributed by atoms with van der Waals surface area (Å²) in [7, 11) is 1.73. The van der Waals surface area contributed by atoms with Crippen LogP contribution in [0.1, 0.15) is 43.7 Å². The minimum atomic E-state index is 0.528. The van der Waals surface area contributed by atoms with Gasteiger partial charge in [0.05, 0.1) is 7.11 Å². The van der Waals surface area contributed by atoms with Gasteiger partial charge in [-0.2, -0.15) is 0 Å². The van der Waals surface area contributed by atoms with Crippen molar-refractivity contribution >= 4 is 0 Å². The molecule has 1 aliphatic carbocycles. The summed E-state index contributed by atoms with van der Waals surface area (Å²) in [4.78, 5) is 2.61. The molecule has 1 N–H and O–H groups in total. The quantitative estimate of drug-likeness (QED) is 0.834. The molecular formula is C18H28N2O. The Hall–Kier alpha value is -1.06. The van der Waals surface area contributed by atoms with Crippen LogP contribution >= 0.6 is 0 Å². The molecule has 0 bridgehead atoms. The van der Waals surface area contributed by atoms with Gasteiger partial charge in [-0.05, 0) is 62.4 Å². The molecule has 3 nitrogen and oxygen atoms in total. The summed E-state index contributed by atoms with van der Waals surface area (Å²) >= 11 is 0. The number of nitrogens with one attached hydrogen (secondary N) is 1. The van der Waals surface area contributed by atoms with Crippen LogP contribution < -0.4 is 10.1 Å². The highest BCUT2D eigenvalue weighted by molar-refractivity contribution is 5.30. The lowest BCUT2D eigenvalue weighted by Gasteiger charge is -2.28. The van der Waals surface area contributed by atoms with Crippen molar-refractivity contribution < 1.29 is 4.74 Å². The number of hydrogen-bond donors (Lipinski definition) is 1. The zero-order valence-electron chi connectivity index (χ0n) is 13.2. The zero-order valence-corrected chi connectivity index (χ0v) is 13.2. The Kier molecular flexibility index (Phi) is 5.15. The first-order valence-corrected chi connectivity index (χ1v) is 8.46. The Morgan fingerprint density at radius 1 is 1.14 bits per heavy atom. The Bertz CT molecular complexity index is 421. The smallest absolute Gasteiger partial charge is 0.118 e. The van der Waals surface area contributed by atoms with E-state index in [4.69, 9.17) is 4.74 Å². The van der Waals surface area contributed by atoms with Crippen LogP contribution in [0, 0.1) is 5.92 Å². The first-order valence-electron chi connectivity index (χ1n) is 8.46. The maximum absolute atomic E-state index is 5.26. The van der Waals surface area contributed by atoms with Crippen LogP contribution in [0.25, 0.3) is 0 Å². The number of nitrogens with zero attached hydrogens (tertiary/aromatic N) is 1. The monoisotopic (exact) mass is 288 g/mol. The predicted molar refractivity (Wildman–Crippen MR) is 86.8 cm³/mol. The lowest BCUT2D eigenvalue weighted by atomic mass is 10.0. The molecule has 2 aliphatic rings. The summed E-state index contributed by atoms with van der Waals surface area (Å²) in [6.45, 7) is 4.88. The third-order valence-electron chi connectivity index (χ3n) is 4.81. The minimum absolute atomic E-state index is 0.528. The fourth-order valence-corrected chi connectivity index (χ4v) is 3.36. The van der Waals surface area contributed by atoms with Crippen LogP contribution in [0.3, 0.4) is 0 Å². The van der Waals surface area contributed by atoms with Crippen molar-refractivity contribution in [1.82, 2.24) is 10.2 Å². The van der Waals surface area contributed by atoms with E-state index in [0.29, 0.717) is 6.04 Å². The van der Waals surface area contributed by atoms with Gasteiger partial charge >= 0.3 is 0 Å². The third-order valence-corrected chi connectivity index (χ3v) is 4.81. The lowest BCUT2D eigenvalue weighted by molar-refractivity contribution is 0.225. The molecule has 0 radical (unpaired) electrons. The first kappa shape index (κ1) is 14.9.